The summed E-state index contributed by atoms with van der Waals surface area (Å²) in [5.41, 5.74) is 0.407. The van der Waals surface area contributed by atoms with Gasteiger partial charge in [-0.15, -0.1) is 5.92 Å². The van der Waals surface area contributed by atoms with E-state index in [9.17, 15) is 14.7 Å². The van der Waals surface area contributed by atoms with Crippen molar-refractivity contribution >= 4 is 40.4 Å². The van der Waals surface area contributed by atoms with Crippen molar-refractivity contribution < 1.29 is 24.2 Å². The number of ketones is 1. The number of fused-ring (bicyclic) bond motifs is 1. The summed E-state index contributed by atoms with van der Waals surface area (Å²) < 4.78 is 13.2. The number of aliphatic imine (C=N–C) groups is 1. The quantitative estimate of drug-likeness (QED) is 0.461. The van der Waals surface area contributed by atoms with Gasteiger partial charge in [0.15, 0.2) is 17.9 Å². The number of carboxylic acid groups (broad SMARTS) is 1. The van der Waals surface area contributed by atoms with Crippen LogP contribution in [0.1, 0.15) is 49.5 Å². The highest BCUT2D eigenvalue weighted by Gasteiger charge is 2.37. The summed E-state index contributed by atoms with van der Waals surface area (Å²) in [5.74, 6) is 6.08. The van der Waals surface area contributed by atoms with E-state index < -0.39 is 12.0 Å². The van der Waals surface area contributed by atoms with Crippen molar-refractivity contribution in [2.75, 3.05) is 44.3 Å². The number of anilines is 1. The van der Waals surface area contributed by atoms with Gasteiger partial charge in [-0.1, -0.05) is 17.5 Å². The van der Waals surface area contributed by atoms with Crippen LogP contribution in [0.15, 0.2) is 4.99 Å². The molecule has 0 spiro atoms. The molecule has 0 saturated carbocycles. The molecule has 2 unspecified atom stereocenters. The SMILES string of the molecule is CC#CCn1c(N2CCN(C(=O)O)CC2)nc2c1C(=O)C(CCCOC1CCCCO1)C(Cl)=N2. The number of rotatable bonds is 7. The molecule has 2 saturated heterocycles. The highest BCUT2D eigenvalue weighted by molar-refractivity contribution is 6.68. The molecule has 4 rings (SSSR count). The van der Waals surface area contributed by atoms with E-state index in [1.807, 2.05) is 4.90 Å². The lowest BCUT2D eigenvalue weighted by Gasteiger charge is -2.33. The second-order valence-corrected chi connectivity index (χ2v) is 8.90. The van der Waals surface area contributed by atoms with Crippen LogP contribution in [0.2, 0.25) is 0 Å². The standard InChI is InChI=1S/C23H30ClN5O5/c1-2-3-9-29-18-19(30)16(7-6-15-34-17-8-4-5-14-33-17)20(24)25-21(18)26-22(29)27-10-12-28(13-11-27)23(31)32/h16-17H,4-15H2,1H3,(H,31,32). The Labute approximate surface area is 203 Å². The Hall–Kier alpha value is -2.61. The van der Waals surface area contributed by atoms with Gasteiger partial charge in [0.1, 0.15) is 10.9 Å². The van der Waals surface area contributed by atoms with E-state index in [1.54, 1.807) is 11.5 Å². The predicted octanol–water partition coefficient (Wildman–Crippen LogP) is 3.11. The molecule has 1 aromatic rings. The minimum Gasteiger partial charge on any atom is -0.465 e. The number of piperazine rings is 1. The molecule has 0 aliphatic carbocycles. The number of carbonyl (C=O) groups is 2. The smallest absolute Gasteiger partial charge is 0.407 e. The molecule has 0 aromatic carbocycles. The van der Waals surface area contributed by atoms with Crippen molar-refractivity contribution in [2.24, 2.45) is 10.9 Å². The van der Waals surface area contributed by atoms with Crippen LogP contribution in [0.3, 0.4) is 0 Å². The minimum absolute atomic E-state index is 0.121. The number of nitrogens with zero attached hydrogens (tertiary/aromatic N) is 5. The Morgan fingerprint density at radius 3 is 2.76 bits per heavy atom. The van der Waals surface area contributed by atoms with Crippen LogP contribution in [-0.4, -0.2) is 82.3 Å². The van der Waals surface area contributed by atoms with Crippen molar-refractivity contribution in [3.63, 3.8) is 0 Å². The molecule has 11 heteroatoms. The molecular formula is C23H30ClN5O5. The Kier molecular flexibility index (Phi) is 8.08. The zero-order valence-electron chi connectivity index (χ0n) is 19.3. The number of hydrogen-bond donors (Lipinski definition) is 1. The monoisotopic (exact) mass is 491 g/mol. The van der Waals surface area contributed by atoms with E-state index in [1.165, 1.54) is 4.90 Å². The van der Waals surface area contributed by atoms with E-state index in [4.69, 9.17) is 21.1 Å². The minimum atomic E-state index is -0.937. The number of hydrogen-bond acceptors (Lipinski definition) is 7. The molecule has 3 aliphatic rings. The maximum absolute atomic E-state index is 13.5. The van der Waals surface area contributed by atoms with Crippen LogP contribution in [0, 0.1) is 17.8 Å². The first-order chi connectivity index (χ1) is 16.5. The summed E-state index contributed by atoms with van der Waals surface area (Å²) in [6.45, 7) is 4.91. The molecule has 1 amide bonds. The lowest BCUT2D eigenvalue weighted by atomic mass is 9.95. The maximum atomic E-state index is 13.5. The third-order valence-corrected chi connectivity index (χ3v) is 6.65. The lowest BCUT2D eigenvalue weighted by molar-refractivity contribution is -0.162. The van der Waals surface area contributed by atoms with Crippen molar-refractivity contribution in [2.45, 2.75) is 51.9 Å². The Bertz CT molecular complexity index is 999. The van der Waals surface area contributed by atoms with Gasteiger partial charge in [0.2, 0.25) is 5.95 Å². The van der Waals surface area contributed by atoms with Gasteiger partial charge in [-0.3, -0.25) is 9.36 Å². The first kappa shape index (κ1) is 24.5. The highest BCUT2D eigenvalue weighted by Crippen LogP contribution is 2.35. The number of halogens is 1. The molecule has 1 N–H and O–H groups in total. The zero-order chi connectivity index (χ0) is 24.1. The first-order valence-electron chi connectivity index (χ1n) is 11.7. The summed E-state index contributed by atoms with van der Waals surface area (Å²) in [7, 11) is 0. The number of ether oxygens (including phenoxy) is 2. The second kappa shape index (κ2) is 11.2. The van der Waals surface area contributed by atoms with Crippen molar-refractivity contribution in [3.05, 3.63) is 5.69 Å². The molecule has 1 aromatic heterocycles. The van der Waals surface area contributed by atoms with Crippen LogP contribution in [0.25, 0.3) is 0 Å². The average Bonchev–Trinajstić information content (AvgIpc) is 3.21. The summed E-state index contributed by atoms with van der Waals surface area (Å²) >= 11 is 6.44. The van der Waals surface area contributed by atoms with Gasteiger partial charge in [0, 0.05) is 39.4 Å². The Balaban J connectivity index is 1.47. The summed E-state index contributed by atoms with van der Waals surface area (Å²) in [5, 5.41) is 9.47. The number of amides is 1. The van der Waals surface area contributed by atoms with Gasteiger partial charge < -0.3 is 24.4 Å². The largest absolute Gasteiger partial charge is 0.465 e. The van der Waals surface area contributed by atoms with Crippen LogP contribution in [0.4, 0.5) is 16.6 Å². The summed E-state index contributed by atoms with van der Waals surface area (Å²) in [4.78, 5) is 37.2. The van der Waals surface area contributed by atoms with E-state index >= 15 is 0 Å². The number of imidazole rings is 1. The third kappa shape index (κ3) is 5.37. The number of aromatic nitrogens is 2. The van der Waals surface area contributed by atoms with Crippen LogP contribution >= 0.6 is 11.6 Å². The van der Waals surface area contributed by atoms with E-state index in [0.717, 1.165) is 25.9 Å². The molecule has 4 heterocycles. The van der Waals surface area contributed by atoms with Gasteiger partial charge >= 0.3 is 6.09 Å². The van der Waals surface area contributed by atoms with Gasteiger partial charge in [-0.2, -0.15) is 4.98 Å². The van der Waals surface area contributed by atoms with Crippen LogP contribution < -0.4 is 4.90 Å². The fourth-order valence-electron chi connectivity index (χ4n) is 4.44. The number of Topliss-reactive ketones (excluding diaryl/α,β-unsaturated/α-hetero) is 1. The molecule has 184 valence electrons. The fraction of sp³-hybridized carbons (Fsp3) is 0.652. The van der Waals surface area contributed by atoms with Gasteiger partial charge in [0.05, 0.1) is 12.5 Å². The lowest BCUT2D eigenvalue weighted by Crippen LogP contribution is -2.49. The molecule has 2 atom stereocenters. The van der Waals surface area contributed by atoms with Gasteiger partial charge in [0.25, 0.3) is 0 Å². The van der Waals surface area contributed by atoms with Crippen molar-refractivity contribution in [1.29, 1.82) is 0 Å². The molecule has 0 radical (unpaired) electrons. The van der Waals surface area contributed by atoms with Gasteiger partial charge in [-0.05, 0) is 39.0 Å². The molecule has 0 bridgehead atoms. The van der Waals surface area contributed by atoms with E-state index in [-0.39, 0.29) is 17.2 Å². The maximum Gasteiger partial charge on any atom is 0.407 e. The highest BCUT2D eigenvalue weighted by atomic mass is 35.5. The molecule has 2 fully saturated rings. The summed E-state index contributed by atoms with van der Waals surface area (Å²) in [6, 6.07) is 0. The Morgan fingerprint density at radius 2 is 2.09 bits per heavy atom. The van der Waals surface area contributed by atoms with Gasteiger partial charge in [-0.25, -0.2) is 9.79 Å². The normalized spacial score (nSPS) is 22.6. The van der Waals surface area contributed by atoms with Crippen molar-refractivity contribution in [1.82, 2.24) is 14.5 Å². The van der Waals surface area contributed by atoms with E-state index in [2.05, 4.69) is 21.8 Å². The third-order valence-electron chi connectivity index (χ3n) is 6.30. The fourth-order valence-corrected chi connectivity index (χ4v) is 4.73. The molecule has 3 aliphatic heterocycles. The Morgan fingerprint density at radius 1 is 1.29 bits per heavy atom. The average molecular weight is 492 g/mol. The zero-order valence-corrected chi connectivity index (χ0v) is 20.1. The first-order valence-corrected chi connectivity index (χ1v) is 12.1. The van der Waals surface area contributed by atoms with E-state index in [0.29, 0.717) is 69.6 Å². The molecular weight excluding hydrogens is 462 g/mol. The van der Waals surface area contributed by atoms with Crippen LogP contribution in [0.5, 0.6) is 0 Å². The second-order valence-electron chi connectivity index (χ2n) is 8.51. The predicted molar refractivity (Wildman–Crippen MR) is 127 cm³/mol. The number of carbonyl (C=O) groups excluding carboxylic acids is 1. The molecule has 10 nitrogen and oxygen atoms in total. The topological polar surface area (TPSA) is 109 Å². The van der Waals surface area contributed by atoms with Crippen molar-refractivity contribution in [3.8, 4) is 11.8 Å². The molecule has 34 heavy (non-hydrogen) atoms. The summed E-state index contributed by atoms with van der Waals surface area (Å²) in [6.07, 6.45) is 3.14. The van der Waals surface area contributed by atoms with Crippen LogP contribution in [-0.2, 0) is 16.0 Å².